The maximum absolute atomic E-state index is 10.2. The molecule has 2 aromatic carbocycles. The topological polar surface area (TPSA) is 124 Å². The van der Waals surface area contributed by atoms with Gasteiger partial charge in [0, 0.05) is 0 Å². The second-order valence-electron chi connectivity index (χ2n) is 4.18. The number of nitrogen functional groups attached to an aromatic ring is 4. The summed E-state index contributed by atoms with van der Waals surface area (Å²) >= 11 is 0. The molecule has 18 heavy (non-hydrogen) atoms. The number of anilines is 4. The fraction of sp³-hybridized carbons (Fsp3) is 0.0769. The predicted octanol–water partition coefficient (Wildman–Crippen LogP) is 1.10. The molecule has 0 aliphatic carbocycles. The summed E-state index contributed by atoms with van der Waals surface area (Å²) in [6, 6.07) is 10.1. The predicted molar refractivity (Wildman–Crippen MR) is 74.6 cm³/mol. The zero-order valence-corrected chi connectivity index (χ0v) is 9.80. The summed E-state index contributed by atoms with van der Waals surface area (Å²) < 4.78 is 0. The van der Waals surface area contributed by atoms with Gasteiger partial charge in [0.2, 0.25) is 0 Å². The lowest BCUT2D eigenvalue weighted by Crippen LogP contribution is -2.04. The molecular formula is C13H16N4O. The molecule has 0 saturated carbocycles. The zero-order chi connectivity index (χ0) is 13.3. The van der Waals surface area contributed by atoms with Crippen molar-refractivity contribution in [2.75, 3.05) is 22.9 Å². The van der Waals surface area contributed by atoms with Crippen LogP contribution in [-0.2, 0) is 0 Å². The van der Waals surface area contributed by atoms with Crippen molar-refractivity contribution in [2.45, 2.75) is 6.10 Å². The van der Waals surface area contributed by atoms with Crippen molar-refractivity contribution in [1.82, 2.24) is 0 Å². The minimum atomic E-state index is -0.809. The first-order valence-electron chi connectivity index (χ1n) is 5.47. The van der Waals surface area contributed by atoms with E-state index in [1.807, 2.05) is 0 Å². The highest BCUT2D eigenvalue weighted by Gasteiger charge is 2.12. The van der Waals surface area contributed by atoms with Gasteiger partial charge in [0.15, 0.2) is 0 Å². The van der Waals surface area contributed by atoms with E-state index in [9.17, 15) is 5.11 Å². The number of aliphatic hydroxyl groups excluding tert-OH is 1. The fourth-order valence-electron chi connectivity index (χ4n) is 1.72. The first-order valence-corrected chi connectivity index (χ1v) is 5.47. The van der Waals surface area contributed by atoms with Crippen molar-refractivity contribution < 1.29 is 5.11 Å². The second-order valence-corrected chi connectivity index (χ2v) is 4.18. The van der Waals surface area contributed by atoms with Crippen LogP contribution in [0.2, 0.25) is 0 Å². The van der Waals surface area contributed by atoms with E-state index in [4.69, 9.17) is 22.9 Å². The van der Waals surface area contributed by atoms with Crippen LogP contribution in [0.3, 0.4) is 0 Å². The molecule has 0 bridgehead atoms. The van der Waals surface area contributed by atoms with Crippen LogP contribution >= 0.6 is 0 Å². The Labute approximate surface area is 105 Å². The molecule has 0 heterocycles. The first-order chi connectivity index (χ1) is 8.49. The molecule has 94 valence electrons. The smallest absolute Gasteiger partial charge is 0.104 e. The van der Waals surface area contributed by atoms with E-state index >= 15 is 0 Å². The van der Waals surface area contributed by atoms with Crippen molar-refractivity contribution in [3.8, 4) is 0 Å². The Morgan fingerprint density at radius 1 is 0.667 bits per heavy atom. The minimum Gasteiger partial charge on any atom is -0.397 e. The average Bonchev–Trinajstić information content (AvgIpc) is 2.35. The molecule has 0 aliphatic heterocycles. The Kier molecular flexibility index (Phi) is 2.99. The summed E-state index contributed by atoms with van der Waals surface area (Å²) in [7, 11) is 0. The molecule has 0 fully saturated rings. The molecule has 0 aliphatic rings. The Balaban J connectivity index is 2.37. The maximum atomic E-state index is 10.2. The Morgan fingerprint density at radius 2 is 1.06 bits per heavy atom. The third kappa shape index (κ3) is 2.16. The highest BCUT2D eigenvalue weighted by molar-refractivity contribution is 5.66. The van der Waals surface area contributed by atoms with Gasteiger partial charge in [-0.1, -0.05) is 12.1 Å². The van der Waals surface area contributed by atoms with Crippen LogP contribution in [0.15, 0.2) is 36.4 Å². The number of aliphatic hydroxyl groups is 1. The summed E-state index contributed by atoms with van der Waals surface area (Å²) in [6.45, 7) is 0. The maximum Gasteiger partial charge on any atom is 0.104 e. The van der Waals surface area contributed by atoms with Crippen LogP contribution < -0.4 is 22.9 Å². The number of rotatable bonds is 2. The van der Waals surface area contributed by atoms with Gasteiger partial charge in [-0.05, 0) is 35.4 Å². The third-order valence-corrected chi connectivity index (χ3v) is 2.85. The second kappa shape index (κ2) is 4.46. The van der Waals surface area contributed by atoms with Crippen molar-refractivity contribution in [3.63, 3.8) is 0 Å². The lowest BCUT2D eigenvalue weighted by Gasteiger charge is -2.14. The summed E-state index contributed by atoms with van der Waals surface area (Å²) in [6.07, 6.45) is -0.809. The van der Waals surface area contributed by atoms with Gasteiger partial charge in [-0.25, -0.2) is 0 Å². The molecule has 5 nitrogen and oxygen atoms in total. The van der Waals surface area contributed by atoms with Gasteiger partial charge in [0.25, 0.3) is 0 Å². The van der Waals surface area contributed by atoms with Gasteiger partial charge >= 0.3 is 0 Å². The molecule has 0 saturated heterocycles. The van der Waals surface area contributed by atoms with Gasteiger partial charge in [-0.15, -0.1) is 0 Å². The number of nitrogens with two attached hydrogens (primary N) is 4. The molecule has 5 heteroatoms. The number of hydrogen-bond donors (Lipinski definition) is 5. The molecular weight excluding hydrogens is 228 g/mol. The van der Waals surface area contributed by atoms with Crippen LogP contribution in [0.1, 0.15) is 17.2 Å². The highest BCUT2D eigenvalue weighted by Crippen LogP contribution is 2.28. The van der Waals surface area contributed by atoms with E-state index in [1.165, 1.54) is 0 Å². The summed E-state index contributed by atoms with van der Waals surface area (Å²) in [5, 5.41) is 10.2. The van der Waals surface area contributed by atoms with Crippen LogP contribution in [0.25, 0.3) is 0 Å². The van der Waals surface area contributed by atoms with Crippen molar-refractivity contribution >= 4 is 22.7 Å². The van der Waals surface area contributed by atoms with Crippen molar-refractivity contribution in [1.29, 1.82) is 0 Å². The summed E-state index contributed by atoms with van der Waals surface area (Å²) in [5.74, 6) is 0. The number of hydrogen-bond acceptors (Lipinski definition) is 5. The highest BCUT2D eigenvalue weighted by atomic mass is 16.3. The summed E-state index contributed by atoms with van der Waals surface area (Å²) in [4.78, 5) is 0. The zero-order valence-electron chi connectivity index (χ0n) is 9.80. The molecule has 2 rings (SSSR count). The SMILES string of the molecule is Nc1ccc(C(O)c2ccc(N)c(N)c2)cc1N. The molecule has 0 amide bonds. The van der Waals surface area contributed by atoms with E-state index in [1.54, 1.807) is 36.4 Å². The molecule has 0 radical (unpaired) electrons. The quantitative estimate of drug-likeness (QED) is 0.506. The molecule has 0 aromatic heterocycles. The third-order valence-electron chi connectivity index (χ3n) is 2.85. The molecule has 0 atom stereocenters. The molecule has 2 aromatic rings. The molecule has 0 unspecified atom stereocenters. The Hall–Kier alpha value is -2.40. The van der Waals surface area contributed by atoms with Gasteiger partial charge in [0.05, 0.1) is 22.7 Å². The monoisotopic (exact) mass is 244 g/mol. The standard InChI is InChI=1S/C13H16N4O/c14-9-3-1-7(5-11(9)16)13(18)8-2-4-10(15)12(17)6-8/h1-6,13,18H,14-17H2. The Bertz CT molecular complexity index is 532. The molecule has 9 N–H and O–H groups in total. The van der Waals surface area contributed by atoms with Crippen molar-refractivity contribution in [2.24, 2.45) is 0 Å². The van der Waals surface area contributed by atoms with Crippen molar-refractivity contribution in [3.05, 3.63) is 47.5 Å². The first kappa shape index (κ1) is 12.1. The average molecular weight is 244 g/mol. The number of benzene rings is 2. The normalized spacial score (nSPS) is 10.8. The van der Waals surface area contributed by atoms with E-state index in [0.717, 1.165) is 0 Å². The van der Waals surface area contributed by atoms with E-state index in [0.29, 0.717) is 33.9 Å². The van der Waals surface area contributed by atoms with Gasteiger partial charge in [0.1, 0.15) is 6.10 Å². The van der Waals surface area contributed by atoms with E-state index < -0.39 is 6.10 Å². The van der Waals surface area contributed by atoms with E-state index in [-0.39, 0.29) is 0 Å². The van der Waals surface area contributed by atoms with Crippen LogP contribution in [0, 0.1) is 0 Å². The lowest BCUT2D eigenvalue weighted by molar-refractivity contribution is 0.220. The fourth-order valence-corrected chi connectivity index (χ4v) is 1.72. The lowest BCUT2D eigenvalue weighted by atomic mass is 10.00. The van der Waals surface area contributed by atoms with Crippen LogP contribution in [0.5, 0.6) is 0 Å². The van der Waals surface area contributed by atoms with Crippen LogP contribution in [-0.4, -0.2) is 5.11 Å². The van der Waals surface area contributed by atoms with Gasteiger partial charge < -0.3 is 28.0 Å². The Morgan fingerprint density at radius 3 is 1.39 bits per heavy atom. The molecule has 0 spiro atoms. The van der Waals surface area contributed by atoms with Gasteiger partial charge in [-0.2, -0.15) is 0 Å². The summed E-state index contributed by atoms with van der Waals surface area (Å²) in [5.41, 5.74) is 25.8. The van der Waals surface area contributed by atoms with Gasteiger partial charge in [-0.3, -0.25) is 0 Å². The van der Waals surface area contributed by atoms with E-state index in [2.05, 4.69) is 0 Å². The van der Waals surface area contributed by atoms with Crippen LogP contribution in [0.4, 0.5) is 22.7 Å². The minimum absolute atomic E-state index is 0.440. The largest absolute Gasteiger partial charge is 0.397 e.